The van der Waals surface area contributed by atoms with E-state index in [1.807, 2.05) is 13.8 Å². The summed E-state index contributed by atoms with van der Waals surface area (Å²) in [5, 5.41) is 20.4. The molecule has 0 unspecified atom stereocenters. The Labute approximate surface area is 190 Å². The number of fused-ring (bicyclic) bond motifs is 1. The second kappa shape index (κ2) is 9.93. The molecule has 31 heavy (non-hydrogen) atoms. The number of aliphatic hydroxyl groups is 2. The van der Waals surface area contributed by atoms with Crippen LogP contribution in [-0.4, -0.2) is 35.1 Å². The predicted molar refractivity (Wildman–Crippen MR) is 129 cm³/mol. The highest BCUT2D eigenvalue weighted by molar-refractivity contribution is 5.26. The minimum Gasteiger partial charge on any atom is -0.393 e. The summed E-state index contributed by atoms with van der Waals surface area (Å²) in [6.45, 7) is 10.8. The number of rotatable bonds is 6. The van der Waals surface area contributed by atoms with Crippen LogP contribution in [-0.2, 0) is 4.74 Å². The van der Waals surface area contributed by atoms with Gasteiger partial charge in [-0.1, -0.05) is 56.2 Å². The van der Waals surface area contributed by atoms with Crippen LogP contribution in [0.3, 0.4) is 0 Å². The van der Waals surface area contributed by atoms with Gasteiger partial charge in [0.05, 0.1) is 17.8 Å². The second-order valence-electron chi connectivity index (χ2n) is 11.5. The van der Waals surface area contributed by atoms with Gasteiger partial charge in [0.25, 0.3) is 0 Å². The quantitative estimate of drug-likeness (QED) is 0.492. The van der Waals surface area contributed by atoms with Crippen LogP contribution in [0.5, 0.6) is 0 Å². The van der Waals surface area contributed by atoms with E-state index in [1.54, 1.807) is 12.7 Å². The third kappa shape index (κ3) is 5.72. The predicted octanol–water partition coefficient (Wildman–Crippen LogP) is 6.21. The molecule has 0 amide bonds. The molecule has 0 aromatic rings. The highest BCUT2D eigenvalue weighted by Crippen LogP contribution is 2.59. The molecule has 176 valence electrons. The maximum atomic E-state index is 10.3. The Kier molecular flexibility index (Phi) is 7.92. The van der Waals surface area contributed by atoms with Crippen LogP contribution in [0.15, 0.2) is 35.5 Å². The van der Waals surface area contributed by atoms with Crippen molar-refractivity contribution in [2.75, 3.05) is 7.11 Å². The summed E-state index contributed by atoms with van der Waals surface area (Å²) in [5.74, 6) is 2.08. The molecule has 0 radical (unpaired) electrons. The molecule has 3 aliphatic carbocycles. The van der Waals surface area contributed by atoms with E-state index in [0.717, 1.165) is 19.3 Å². The van der Waals surface area contributed by atoms with Crippen LogP contribution < -0.4 is 0 Å². The molecule has 0 aliphatic heterocycles. The molecule has 2 N–H and O–H groups in total. The average Bonchev–Trinajstić information content (AvgIpc) is 3.06. The van der Waals surface area contributed by atoms with Crippen molar-refractivity contribution in [3.8, 4) is 0 Å². The number of ether oxygens (including phenoxy) is 1. The zero-order valence-corrected chi connectivity index (χ0v) is 20.7. The minimum atomic E-state index is -0.666. The largest absolute Gasteiger partial charge is 0.393 e. The van der Waals surface area contributed by atoms with E-state index in [1.165, 1.54) is 37.7 Å². The molecule has 0 spiro atoms. The lowest BCUT2D eigenvalue weighted by Crippen LogP contribution is -2.35. The number of aliphatic hydroxyl groups excluding tert-OH is 1. The maximum absolute atomic E-state index is 10.3. The molecule has 3 rings (SSSR count). The fraction of sp³-hybridized carbons (Fsp3) is 0.786. The van der Waals surface area contributed by atoms with Crippen molar-refractivity contribution in [2.45, 2.75) is 104 Å². The van der Waals surface area contributed by atoms with Crippen LogP contribution >= 0.6 is 0 Å². The topological polar surface area (TPSA) is 49.7 Å². The Bertz CT molecular complexity index is 698. The molecule has 0 heterocycles. The van der Waals surface area contributed by atoms with Crippen LogP contribution in [0, 0.1) is 29.1 Å². The summed E-state index contributed by atoms with van der Waals surface area (Å²) >= 11 is 0. The molecular weight excluding hydrogens is 384 g/mol. The van der Waals surface area contributed by atoms with Crippen molar-refractivity contribution < 1.29 is 14.9 Å². The Morgan fingerprint density at radius 2 is 1.87 bits per heavy atom. The van der Waals surface area contributed by atoms with E-state index in [4.69, 9.17) is 4.74 Å². The van der Waals surface area contributed by atoms with Gasteiger partial charge in [-0.25, -0.2) is 0 Å². The first-order valence-corrected chi connectivity index (χ1v) is 12.5. The summed E-state index contributed by atoms with van der Waals surface area (Å²) in [4.78, 5) is 0. The van der Waals surface area contributed by atoms with Crippen molar-refractivity contribution in [3.05, 3.63) is 35.5 Å². The normalized spacial score (nSPS) is 39.2. The lowest BCUT2D eigenvalue weighted by atomic mass is 9.61. The Balaban J connectivity index is 1.72. The fourth-order valence-corrected chi connectivity index (χ4v) is 6.54. The molecule has 0 aromatic carbocycles. The highest BCUT2D eigenvalue weighted by atomic mass is 16.5. The van der Waals surface area contributed by atoms with E-state index in [-0.39, 0.29) is 18.1 Å². The molecule has 0 aromatic heterocycles. The Morgan fingerprint density at radius 3 is 2.55 bits per heavy atom. The second-order valence-corrected chi connectivity index (χ2v) is 11.5. The van der Waals surface area contributed by atoms with Gasteiger partial charge in [0, 0.05) is 19.4 Å². The third-order valence-electron chi connectivity index (χ3n) is 8.88. The van der Waals surface area contributed by atoms with E-state index >= 15 is 0 Å². The zero-order chi connectivity index (χ0) is 22.8. The van der Waals surface area contributed by atoms with Gasteiger partial charge in [-0.2, -0.15) is 0 Å². The summed E-state index contributed by atoms with van der Waals surface area (Å²) in [6, 6.07) is 0. The van der Waals surface area contributed by atoms with Gasteiger partial charge in [0.2, 0.25) is 0 Å². The van der Waals surface area contributed by atoms with Gasteiger partial charge in [-0.15, -0.1) is 0 Å². The molecule has 3 aliphatic rings. The first-order chi connectivity index (χ1) is 14.5. The Morgan fingerprint density at radius 1 is 1.13 bits per heavy atom. The van der Waals surface area contributed by atoms with Crippen molar-refractivity contribution in [1.82, 2.24) is 0 Å². The first-order valence-electron chi connectivity index (χ1n) is 12.5. The van der Waals surface area contributed by atoms with Gasteiger partial charge in [0.1, 0.15) is 0 Å². The van der Waals surface area contributed by atoms with Gasteiger partial charge in [-0.3, -0.25) is 0 Å². The van der Waals surface area contributed by atoms with Crippen LogP contribution in [0.1, 0.15) is 86.0 Å². The number of methoxy groups -OCH3 is 1. The number of hydrogen-bond donors (Lipinski definition) is 2. The standard InChI is InChI=1S/C28H46O3/c1-19(9-10-20(2)27(3,4)30)25-13-14-26-22(8-7-15-28(25,26)5)12-11-21-16-23(29)18-24(17-21)31-6/h9-12,19-20,23-26,29-30H,7-8,13-18H2,1-6H3/b10-9+,21-11+,22-12+/t19-,20+,23-,24-,25-,26+,28-/m1/s1. The summed E-state index contributed by atoms with van der Waals surface area (Å²) in [5.41, 5.74) is 2.66. The smallest absolute Gasteiger partial charge is 0.0651 e. The average molecular weight is 431 g/mol. The molecule has 7 atom stereocenters. The van der Waals surface area contributed by atoms with Gasteiger partial charge in [0.15, 0.2) is 0 Å². The van der Waals surface area contributed by atoms with E-state index < -0.39 is 5.60 Å². The van der Waals surface area contributed by atoms with Crippen molar-refractivity contribution >= 4 is 0 Å². The first kappa shape index (κ1) is 24.7. The fourth-order valence-electron chi connectivity index (χ4n) is 6.54. The number of hydrogen-bond acceptors (Lipinski definition) is 3. The highest BCUT2D eigenvalue weighted by Gasteiger charge is 2.50. The van der Waals surface area contributed by atoms with Crippen molar-refractivity contribution in [1.29, 1.82) is 0 Å². The molecule has 3 saturated carbocycles. The monoisotopic (exact) mass is 430 g/mol. The maximum Gasteiger partial charge on any atom is 0.0651 e. The zero-order valence-electron chi connectivity index (χ0n) is 20.7. The Hall–Kier alpha value is -0.900. The molecule has 0 saturated heterocycles. The van der Waals surface area contributed by atoms with Gasteiger partial charge in [-0.05, 0) is 82.0 Å². The summed E-state index contributed by atoms with van der Waals surface area (Å²) in [7, 11) is 1.75. The lowest BCUT2D eigenvalue weighted by molar-refractivity contribution is 0.0288. The van der Waals surface area contributed by atoms with Crippen LogP contribution in [0.25, 0.3) is 0 Å². The van der Waals surface area contributed by atoms with Crippen molar-refractivity contribution in [2.24, 2.45) is 29.1 Å². The van der Waals surface area contributed by atoms with Gasteiger partial charge < -0.3 is 14.9 Å². The minimum absolute atomic E-state index is 0.153. The van der Waals surface area contributed by atoms with E-state index in [0.29, 0.717) is 23.2 Å². The molecule has 0 bridgehead atoms. The van der Waals surface area contributed by atoms with Gasteiger partial charge >= 0.3 is 0 Å². The van der Waals surface area contributed by atoms with E-state index in [9.17, 15) is 10.2 Å². The molecule has 3 fully saturated rings. The van der Waals surface area contributed by atoms with Crippen LogP contribution in [0.4, 0.5) is 0 Å². The summed E-state index contributed by atoms with van der Waals surface area (Å²) < 4.78 is 5.53. The van der Waals surface area contributed by atoms with Crippen molar-refractivity contribution in [3.63, 3.8) is 0 Å². The SMILES string of the molecule is CO[C@@H]1C/C(=C/C=C2\CCC[C@]3(C)[C@@H]([C@H](C)/C=C/[C@H](C)C(C)(C)O)CC[C@@H]23)C[C@@H](O)C1. The third-order valence-corrected chi connectivity index (χ3v) is 8.88. The van der Waals surface area contributed by atoms with Crippen LogP contribution in [0.2, 0.25) is 0 Å². The molecule has 3 heteroatoms. The summed E-state index contributed by atoms with van der Waals surface area (Å²) in [6.07, 6.45) is 18.1. The number of allylic oxidation sites excluding steroid dienone is 4. The van der Waals surface area contributed by atoms with E-state index in [2.05, 4.69) is 45.1 Å². The molecule has 3 nitrogen and oxygen atoms in total. The lowest BCUT2D eigenvalue weighted by Gasteiger charge is -2.44. The molecular formula is C28H46O3.